The topological polar surface area (TPSA) is 47.6 Å². The Balaban J connectivity index is 2.02. The third-order valence-electron chi connectivity index (χ3n) is 6.03. The summed E-state index contributed by atoms with van der Waals surface area (Å²) in [4.78, 5) is 0. The van der Waals surface area contributed by atoms with Gasteiger partial charge in [0.05, 0.1) is 36.0 Å². The lowest BCUT2D eigenvalue weighted by Gasteiger charge is -2.30. The van der Waals surface area contributed by atoms with E-state index in [-0.39, 0.29) is 6.04 Å². The summed E-state index contributed by atoms with van der Waals surface area (Å²) in [5, 5.41) is 3.57. The van der Waals surface area contributed by atoms with Crippen molar-refractivity contribution in [1.82, 2.24) is 4.72 Å². The second-order valence-electron chi connectivity index (χ2n) is 9.62. The third kappa shape index (κ3) is 6.30. The number of rotatable bonds is 9. The van der Waals surface area contributed by atoms with Crippen molar-refractivity contribution >= 4 is 34.8 Å². The van der Waals surface area contributed by atoms with E-state index in [2.05, 4.69) is 71.5 Å². The lowest BCUT2D eigenvalue weighted by Crippen LogP contribution is -2.38. The van der Waals surface area contributed by atoms with Gasteiger partial charge in [0, 0.05) is 0 Å². The van der Waals surface area contributed by atoms with Crippen molar-refractivity contribution < 1.29 is 13.7 Å². The average molecular weight is 532 g/mol. The molecule has 6 heteroatoms. The number of benzene rings is 4. The van der Waals surface area contributed by atoms with Crippen LogP contribution in [-0.4, -0.2) is 23.2 Å². The van der Waals surface area contributed by atoms with E-state index in [1.807, 2.05) is 57.2 Å². The molecule has 4 aromatic carbocycles. The minimum atomic E-state index is -1.31. The van der Waals surface area contributed by atoms with Crippen LogP contribution < -0.4 is 30.1 Å². The zero-order valence-electron chi connectivity index (χ0n) is 22.0. The molecule has 0 heterocycles. The van der Waals surface area contributed by atoms with Crippen LogP contribution in [0.25, 0.3) is 0 Å². The molecule has 0 saturated heterocycles. The van der Waals surface area contributed by atoms with Crippen LogP contribution >= 0.6 is 7.92 Å². The summed E-state index contributed by atoms with van der Waals surface area (Å²) in [5.74, 6) is 1.31. The van der Waals surface area contributed by atoms with Crippen molar-refractivity contribution in [3.05, 3.63) is 114 Å². The fraction of sp³-hybridized carbons (Fsp3) is 0.226. The summed E-state index contributed by atoms with van der Waals surface area (Å²) in [6, 6.07) is 35.1. The van der Waals surface area contributed by atoms with Crippen LogP contribution in [0.5, 0.6) is 11.5 Å². The molecule has 37 heavy (non-hydrogen) atoms. The summed E-state index contributed by atoms with van der Waals surface area (Å²) in [5.41, 5.74) is 2.05. The van der Waals surface area contributed by atoms with Gasteiger partial charge in [-0.25, -0.2) is 8.93 Å². The van der Waals surface area contributed by atoms with Crippen molar-refractivity contribution in [2.45, 2.75) is 31.6 Å². The predicted octanol–water partition coefficient (Wildman–Crippen LogP) is 5.60. The fourth-order valence-corrected chi connectivity index (χ4v) is 7.45. The molecule has 2 atom stereocenters. The molecule has 0 radical (unpaired) electrons. The van der Waals surface area contributed by atoms with E-state index in [0.717, 1.165) is 16.4 Å². The van der Waals surface area contributed by atoms with Gasteiger partial charge in [-0.2, -0.15) is 0 Å². The zero-order valence-corrected chi connectivity index (χ0v) is 23.7. The van der Waals surface area contributed by atoms with Gasteiger partial charge in [0.25, 0.3) is 0 Å². The van der Waals surface area contributed by atoms with Crippen LogP contribution in [0.4, 0.5) is 0 Å². The van der Waals surface area contributed by atoms with Gasteiger partial charge in [0.15, 0.2) is 11.5 Å². The van der Waals surface area contributed by atoms with E-state index >= 15 is 0 Å². The second-order valence-corrected chi connectivity index (χ2v) is 13.8. The highest BCUT2D eigenvalue weighted by atomic mass is 32.2. The van der Waals surface area contributed by atoms with Gasteiger partial charge in [0.1, 0.15) is 0 Å². The molecule has 0 amide bonds. The molecular formula is C31H34NO3PS. The lowest BCUT2D eigenvalue weighted by molar-refractivity contribution is 0.354. The van der Waals surface area contributed by atoms with Crippen molar-refractivity contribution in [2.24, 2.45) is 0 Å². The molecule has 4 aromatic rings. The normalized spacial score (nSPS) is 13.2. The van der Waals surface area contributed by atoms with Crippen LogP contribution in [-0.2, 0) is 11.0 Å². The molecule has 0 unspecified atom stereocenters. The Hall–Kier alpha value is -2.98. The molecule has 1 N–H and O–H groups in total. The predicted molar refractivity (Wildman–Crippen MR) is 158 cm³/mol. The lowest BCUT2D eigenvalue weighted by atomic mass is 9.99. The van der Waals surface area contributed by atoms with Gasteiger partial charge in [-0.05, 0) is 67.9 Å². The van der Waals surface area contributed by atoms with E-state index in [1.54, 1.807) is 14.2 Å². The minimum absolute atomic E-state index is 0.325. The average Bonchev–Trinajstić information content (AvgIpc) is 2.92. The highest BCUT2D eigenvalue weighted by Crippen LogP contribution is 2.41. The van der Waals surface area contributed by atoms with Crippen LogP contribution in [0, 0.1) is 0 Å². The van der Waals surface area contributed by atoms with Crippen LogP contribution in [0.3, 0.4) is 0 Å². The number of hydrogen-bond donors (Lipinski definition) is 1. The van der Waals surface area contributed by atoms with Crippen molar-refractivity contribution in [1.29, 1.82) is 0 Å². The summed E-state index contributed by atoms with van der Waals surface area (Å²) in [7, 11) is 1.05. The fourth-order valence-electron chi connectivity index (χ4n) is 4.13. The molecule has 0 spiro atoms. The highest BCUT2D eigenvalue weighted by Gasteiger charge is 2.30. The van der Waals surface area contributed by atoms with Gasteiger partial charge in [0.2, 0.25) is 0 Å². The number of ether oxygens (including phenoxy) is 2. The van der Waals surface area contributed by atoms with Gasteiger partial charge >= 0.3 is 0 Å². The first-order valence-corrected chi connectivity index (χ1v) is 14.7. The summed E-state index contributed by atoms with van der Waals surface area (Å²) < 4.78 is 28.0. The monoisotopic (exact) mass is 531 g/mol. The largest absolute Gasteiger partial charge is 0.493 e. The maximum Gasteiger partial charge on any atom is 0.161 e. The second kappa shape index (κ2) is 12.0. The maximum absolute atomic E-state index is 13.5. The summed E-state index contributed by atoms with van der Waals surface area (Å²) >= 11 is 0. The van der Waals surface area contributed by atoms with Gasteiger partial charge in [-0.15, -0.1) is 0 Å². The number of methoxy groups -OCH3 is 2. The van der Waals surface area contributed by atoms with Crippen molar-refractivity contribution in [3.8, 4) is 11.5 Å². The van der Waals surface area contributed by atoms with Gasteiger partial charge < -0.3 is 9.47 Å². The Kier molecular flexibility index (Phi) is 8.81. The van der Waals surface area contributed by atoms with E-state index in [0.29, 0.717) is 11.5 Å². The molecule has 0 aliphatic rings. The van der Waals surface area contributed by atoms with Crippen LogP contribution in [0.15, 0.2) is 103 Å². The first kappa shape index (κ1) is 27.1. The molecule has 0 bridgehead atoms. The van der Waals surface area contributed by atoms with Crippen molar-refractivity contribution in [2.75, 3.05) is 14.2 Å². The first-order valence-electron chi connectivity index (χ1n) is 12.2. The van der Waals surface area contributed by atoms with E-state index in [1.165, 1.54) is 10.6 Å². The van der Waals surface area contributed by atoms with Crippen molar-refractivity contribution in [3.63, 3.8) is 0 Å². The van der Waals surface area contributed by atoms with Crippen LogP contribution in [0.2, 0.25) is 0 Å². The Morgan fingerprint density at radius 1 is 0.730 bits per heavy atom. The third-order valence-corrected chi connectivity index (χ3v) is 10.1. The smallest absolute Gasteiger partial charge is 0.161 e. The Labute approximate surface area is 224 Å². The summed E-state index contributed by atoms with van der Waals surface area (Å²) in [6.07, 6.45) is 0. The van der Waals surface area contributed by atoms with E-state index in [9.17, 15) is 4.21 Å². The minimum Gasteiger partial charge on any atom is -0.493 e. The SMILES string of the molecule is COc1cc([C@@H](N[S@](=O)C(C)(C)C)c2ccccc2)c(P(c2ccccc2)c2ccccc2)cc1OC. The molecule has 0 aliphatic heterocycles. The first-order chi connectivity index (χ1) is 17.8. The standard InChI is InChI=1S/C31H34NO3PS/c1-31(2,3)37(33)32-30(23-15-9-6-10-16-23)26-21-27(34-4)28(35-5)22-29(26)36(24-17-11-7-12-18-24)25-19-13-8-14-20-25/h6-22,30,32H,1-5H3/t30-,37+/m0/s1. The molecule has 4 nitrogen and oxygen atoms in total. The molecular weight excluding hydrogens is 497 g/mol. The van der Waals surface area contributed by atoms with E-state index in [4.69, 9.17) is 9.47 Å². The maximum atomic E-state index is 13.5. The molecule has 0 aromatic heterocycles. The molecule has 192 valence electrons. The number of nitrogens with one attached hydrogen (secondary N) is 1. The van der Waals surface area contributed by atoms with Crippen LogP contribution in [0.1, 0.15) is 37.9 Å². The number of hydrogen-bond acceptors (Lipinski definition) is 3. The quantitative estimate of drug-likeness (QED) is 0.286. The van der Waals surface area contributed by atoms with Gasteiger partial charge in [-0.3, -0.25) is 0 Å². The van der Waals surface area contributed by atoms with Gasteiger partial charge in [-0.1, -0.05) is 91.0 Å². The highest BCUT2D eigenvalue weighted by molar-refractivity contribution is 7.84. The zero-order chi connectivity index (χ0) is 26.4. The molecule has 4 rings (SSSR count). The summed E-state index contributed by atoms with van der Waals surface area (Å²) in [6.45, 7) is 5.94. The molecule has 0 saturated carbocycles. The Morgan fingerprint density at radius 2 is 1.19 bits per heavy atom. The Bertz CT molecular complexity index is 1290. The molecule has 0 aliphatic carbocycles. The van der Waals surface area contributed by atoms with E-state index < -0.39 is 23.7 Å². The Morgan fingerprint density at radius 3 is 1.65 bits per heavy atom. The molecule has 0 fully saturated rings.